The Morgan fingerprint density at radius 1 is 1.37 bits per heavy atom. The lowest BCUT2D eigenvalue weighted by Gasteiger charge is -2.07. The van der Waals surface area contributed by atoms with Crippen molar-refractivity contribution in [3.05, 3.63) is 29.6 Å². The monoisotopic (exact) mass is 298 g/mol. The van der Waals surface area contributed by atoms with Crippen molar-refractivity contribution in [1.29, 1.82) is 0 Å². The Bertz CT molecular complexity index is 556. The Kier molecular flexibility index (Phi) is 4.73. The third-order valence-corrected chi connectivity index (χ3v) is 4.69. The molecule has 2 aromatic rings. The van der Waals surface area contributed by atoms with Gasteiger partial charge in [-0.3, -0.25) is 0 Å². The van der Waals surface area contributed by atoms with Crippen molar-refractivity contribution < 1.29 is 4.39 Å². The Balaban J connectivity index is 2.24. The maximum Gasteiger partial charge on any atom is 0.208 e. The maximum absolute atomic E-state index is 13.8. The van der Waals surface area contributed by atoms with Crippen LogP contribution in [0.25, 0.3) is 0 Å². The molecule has 0 bridgehead atoms. The molecule has 1 aromatic carbocycles. The standard InChI is InChI=1S/C12H15FN4S2/c1-17(2)11-15-16-12(19-11)18-10-5-3-4-9(13)8(10)6-7-14/h3-5H,6-7,14H2,1-2H3. The van der Waals surface area contributed by atoms with Crippen LogP contribution in [-0.4, -0.2) is 30.8 Å². The van der Waals surface area contributed by atoms with Crippen LogP contribution in [0.15, 0.2) is 27.4 Å². The molecule has 2 N–H and O–H groups in total. The summed E-state index contributed by atoms with van der Waals surface area (Å²) >= 11 is 2.91. The summed E-state index contributed by atoms with van der Waals surface area (Å²) in [6.07, 6.45) is 0.522. The molecule has 0 atom stereocenters. The fourth-order valence-corrected chi connectivity index (χ4v) is 3.44. The van der Waals surface area contributed by atoms with E-state index in [1.807, 2.05) is 25.1 Å². The van der Waals surface area contributed by atoms with E-state index in [-0.39, 0.29) is 5.82 Å². The minimum atomic E-state index is -0.215. The Labute approximate surface area is 119 Å². The molecule has 0 saturated carbocycles. The molecule has 19 heavy (non-hydrogen) atoms. The van der Waals surface area contributed by atoms with Gasteiger partial charge in [-0.1, -0.05) is 29.2 Å². The molecule has 0 aliphatic carbocycles. The van der Waals surface area contributed by atoms with E-state index in [0.717, 1.165) is 14.4 Å². The number of anilines is 1. The topological polar surface area (TPSA) is 55.0 Å². The van der Waals surface area contributed by atoms with E-state index >= 15 is 0 Å². The van der Waals surface area contributed by atoms with E-state index < -0.39 is 0 Å². The fourth-order valence-electron chi connectivity index (χ4n) is 1.54. The Hall–Kier alpha value is -1.18. The quantitative estimate of drug-likeness (QED) is 0.918. The highest BCUT2D eigenvalue weighted by Crippen LogP contribution is 2.35. The van der Waals surface area contributed by atoms with Crippen LogP contribution in [0, 0.1) is 5.82 Å². The van der Waals surface area contributed by atoms with Crippen LogP contribution in [0.5, 0.6) is 0 Å². The van der Waals surface area contributed by atoms with Crippen molar-refractivity contribution in [2.75, 3.05) is 25.5 Å². The largest absolute Gasteiger partial charge is 0.353 e. The molecule has 102 valence electrons. The third kappa shape index (κ3) is 3.43. The molecular formula is C12H15FN4S2. The van der Waals surface area contributed by atoms with Gasteiger partial charge in [0.05, 0.1) is 0 Å². The summed E-state index contributed by atoms with van der Waals surface area (Å²) in [5.41, 5.74) is 6.18. The van der Waals surface area contributed by atoms with Gasteiger partial charge in [0.2, 0.25) is 5.13 Å². The van der Waals surface area contributed by atoms with Crippen molar-refractivity contribution >= 4 is 28.2 Å². The number of hydrogen-bond donors (Lipinski definition) is 1. The molecule has 1 aromatic heterocycles. The second-order valence-corrected chi connectivity index (χ2v) is 6.35. The average Bonchev–Trinajstić information content (AvgIpc) is 2.82. The van der Waals surface area contributed by atoms with Crippen LogP contribution in [0.1, 0.15) is 5.56 Å². The first-order valence-corrected chi connectivity index (χ1v) is 7.41. The zero-order valence-electron chi connectivity index (χ0n) is 10.8. The van der Waals surface area contributed by atoms with E-state index in [1.165, 1.54) is 29.2 Å². The highest BCUT2D eigenvalue weighted by atomic mass is 32.2. The van der Waals surface area contributed by atoms with Crippen molar-refractivity contribution in [3.8, 4) is 0 Å². The molecule has 4 nitrogen and oxygen atoms in total. The van der Waals surface area contributed by atoms with Crippen LogP contribution in [0.4, 0.5) is 9.52 Å². The first-order chi connectivity index (χ1) is 9.11. The minimum absolute atomic E-state index is 0.215. The zero-order valence-corrected chi connectivity index (χ0v) is 12.4. The van der Waals surface area contributed by atoms with Crippen molar-refractivity contribution in [3.63, 3.8) is 0 Å². The number of halogens is 1. The summed E-state index contributed by atoms with van der Waals surface area (Å²) in [5.74, 6) is -0.215. The smallest absolute Gasteiger partial charge is 0.208 e. The molecule has 0 radical (unpaired) electrons. The predicted octanol–water partition coefficient (Wildman–Crippen LogP) is 2.40. The number of rotatable bonds is 5. The van der Waals surface area contributed by atoms with Gasteiger partial charge in [-0.15, -0.1) is 10.2 Å². The Morgan fingerprint density at radius 3 is 2.79 bits per heavy atom. The van der Waals surface area contributed by atoms with Gasteiger partial charge < -0.3 is 10.6 Å². The normalized spacial score (nSPS) is 10.7. The van der Waals surface area contributed by atoms with Crippen LogP contribution < -0.4 is 10.6 Å². The highest BCUT2D eigenvalue weighted by Gasteiger charge is 2.12. The molecule has 0 amide bonds. The van der Waals surface area contributed by atoms with Crippen molar-refractivity contribution in [2.45, 2.75) is 15.7 Å². The zero-order chi connectivity index (χ0) is 13.8. The van der Waals surface area contributed by atoms with E-state index in [9.17, 15) is 4.39 Å². The van der Waals surface area contributed by atoms with E-state index in [1.54, 1.807) is 6.07 Å². The first-order valence-electron chi connectivity index (χ1n) is 5.78. The van der Waals surface area contributed by atoms with Gasteiger partial charge in [-0.05, 0) is 25.1 Å². The second-order valence-electron chi connectivity index (χ2n) is 4.10. The summed E-state index contributed by atoms with van der Waals surface area (Å²) in [7, 11) is 3.83. The molecular weight excluding hydrogens is 283 g/mol. The summed E-state index contributed by atoms with van der Waals surface area (Å²) in [6.45, 7) is 0.424. The lowest BCUT2D eigenvalue weighted by molar-refractivity contribution is 0.603. The lowest BCUT2D eigenvalue weighted by atomic mass is 10.1. The van der Waals surface area contributed by atoms with Crippen LogP contribution in [-0.2, 0) is 6.42 Å². The number of nitrogens with zero attached hydrogens (tertiary/aromatic N) is 3. The SMILES string of the molecule is CN(C)c1nnc(Sc2cccc(F)c2CCN)s1. The molecule has 2 rings (SSSR count). The summed E-state index contributed by atoms with van der Waals surface area (Å²) in [5, 5.41) is 9.00. The van der Waals surface area contributed by atoms with Gasteiger partial charge in [0.25, 0.3) is 0 Å². The summed E-state index contributed by atoms with van der Waals surface area (Å²) < 4.78 is 14.6. The Morgan fingerprint density at radius 2 is 2.16 bits per heavy atom. The highest BCUT2D eigenvalue weighted by molar-refractivity contribution is 8.01. The second kappa shape index (κ2) is 6.31. The molecule has 0 aliphatic rings. The first kappa shape index (κ1) is 14.2. The average molecular weight is 298 g/mol. The predicted molar refractivity (Wildman–Crippen MR) is 77.5 cm³/mol. The fraction of sp³-hybridized carbons (Fsp3) is 0.333. The third-order valence-electron chi connectivity index (χ3n) is 2.45. The molecule has 0 unspecified atom stereocenters. The number of nitrogens with two attached hydrogens (primary N) is 1. The molecule has 7 heteroatoms. The van der Waals surface area contributed by atoms with Gasteiger partial charge in [0.15, 0.2) is 4.34 Å². The van der Waals surface area contributed by atoms with E-state index in [0.29, 0.717) is 18.5 Å². The molecule has 0 fully saturated rings. The molecule has 1 heterocycles. The number of aromatic nitrogens is 2. The van der Waals surface area contributed by atoms with Gasteiger partial charge >= 0.3 is 0 Å². The molecule has 0 spiro atoms. The van der Waals surface area contributed by atoms with Gasteiger partial charge in [0.1, 0.15) is 5.82 Å². The van der Waals surface area contributed by atoms with Gasteiger partial charge in [0, 0.05) is 24.6 Å². The lowest BCUT2D eigenvalue weighted by Crippen LogP contribution is -2.07. The number of hydrogen-bond acceptors (Lipinski definition) is 6. The van der Waals surface area contributed by atoms with Crippen LogP contribution in [0.2, 0.25) is 0 Å². The van der Waals surface area contributed by atoms with Gasteiger partial charge in [-0.2, -0.15) is 0 Å². The number of benzene rings is 1. The van der Waals surface area contributed by atoms with Gasteiger partial charge in [-0.25, -0.2) is 4.39 Å². The molecule has 0 aliphatic heterocycles. The van der Waals surface area contributed by atoms with E-state index in [2.05, 4.69) is 10.2 Å². The summed E-state index contributed by atoms with van der Waals surface area (Å²) in [4.78, 5) is 2.75. The summed E-state index contributed by atoms with van der Waals surface area (Å²) in [6, 6.07) is 5.04. The molecule has 0 saturated heterocycles. The minimum Gasteiger partial charge on any atom is -0.353 e. The van der Waals surface area contributed by atoms with Crippen molar-refractivity contribution in [1.82, 2.24) is 10.2 Å². The van der Waals surface area contributed by atoms with Crippen molar-refractivity contribution in [2.24, 2.45) is 5.73 Å². The van der Waals surface area contributed by atoms with Crippen LogP contribution >= 0.6 is 23.1 Å². The van der Waals surface area contributed by atoms with Crippen LogP contribution in [0.3, 0.4) is 0 Å². The maximum atomic E-state index is 13.8. The van der Waals surface area contributed by atoms with E-state index in [4.69, 9.17) is 5.73 Å².